The van der Waals surface area contributed by atoms with Gasteiger partial charge in [-0.1, -0.05) is 6.92 Å². The fourth-order valence-corrected chi connectivity index (χ4v) is 0. The van der Waals surface area contributed by atoms with Crippen LogP contribution < -0.4 is 5.73 Å². The maximum absolute atomic E-state index is 8.67. The second-order valence-corrected chi connectivity index (χ2v) is 1.49. The molecule has 0 aliphatic rings. The van der Waals surface area contributed by atoms with Crippen LogP contribution in [0, 0.1) is 4.78 Å². The monoisotopic (exact) mass is 138 g/mol. The van der Waals surface area contributed by atoms with Crippen LogP contribution in [0.4, 0.5) is 0 Å². The second-order valence-electron chi connectivity index (χ2n) is 1.02. The first-order valence-corrected chi connectivity index (χ1v) is 3.23. The topological polar surface area (TPSA) is 84.0 Å². The number of hydrogen-bond acceptors (Lipinski definition) is 4. The Morgan fingerprint density at radius 2 is 1.75 bits per heavy atom. The van der Waals surface area contributed by atoms with E-state index in [9.17, 15) is 0 Å². The summed E-state index contributed by atoms with van der Waals surface area (Å²) in [6.07, 6.45) is 1.10. The lowest BCUT2D eigenvalue weighted by Gasteiger charge is -1.70. The first-order chi connectivity index (χ1) is 3.65. The molecule has 3 N–H and O–H groups in total. The Morgan fingerprint density at radius 3 is 1.75 bits per heavy atom. The van der Waals surface area contributed by atoms with Crippen LogP contribution in [-0.4, -0.2) is 15.0 Å². The smallest absolute Gasteiger partial charge is 0.308 e. The molecule has 4 nitrogen and oxygen atoms in total. The third-order valence-corrected chi connectivity index (χ3v) is 0.289. The van der Waals surface area contributed by atoms with Gasteiger partial charge in [0.15, 0.2) is 0 Å². The Bertz CT molecular complexity index is 104. The summed E-state index contributed by atoms with van der Waals surface area (Å²) in [4.78, 5) is 0. The summed E-state index contributed by atoms with van der Waals surface area (Å²) in [6.45, 7) is 2.88. The number of hydrogen-bond donors (Lipinski definition) is 2. The zero-order valence-corrected chi connectivity index (χ0v) is 5.53. The minimum atomic E-state index is -2.61. The standard InChI is InChI=1S/C3H9N.HNO2S/c1-2-3-4;1-4(2)3/h2-4H2,1H3;1H. The molecule has 0 atom stereocenters. The minimum absolute atomic E-state index is 0.819. The molecule has 0 unspecified atom stereocenters. The summed E-state index contributed by atoms with van der Waals surface area (Å²) >= 11 is 0. The summed E-state index contributed by atoms with van der Waals surface area (Å²) in [5, 5.41) is 0. The quantitative estimate of drug-likeness (QED) is 0.534. The number of nitrogens with two attached hydrogens (primary N) is 1. The molecule has 0 aromatic rings. The molecule has 0 aliphatic heterocycles. The van der Waals surface area contributed by atoms with Gasteiger partial charge in [-0.15, -0.1) is 0 Å². The summed E-state index contributed by atoms with van der Waals surface area (Å²) in [6, 6.07) is 0. The van der Waals surface area contributed by atoms with Crippen LogP contribution in [0.3, 0.4) is 0 Å². The van der Waals surface area contributed by atoms with Crippen molar-refractivity contribution in [1.82, 2.24) is 0 Å². The average molecular weight is 138 g/mol. The number of nitrogens with one attached hydrogen (secondary N) is 1. The molecule has 50 valence electrons. The van der Waals surface area contributed by atoms with E-state index < -0.39 is 10.5 Å². The normalized spacial score (nSPS) is 6.75. The van der Waals surface area contributed by atoms with Crippen LogP contribution in [0.15, 0.2) is 0 Å². The van der Waals surface area contributed by atoms with E-state index in [0.29, 0.717) is 0 Å². The Morgan fingerprint density at radius 1 is 1.62 bits per heavy atom. The van der Waals surface area contributed by atoms with Gasteiger partial charge in [-0.05, 0) is 13.0 Å². The Balaban J connectivity index is 0. The van der Waals surface area contributed by atoms with E-state index in [1.807, 2.05) is 0 Å². The van der Waals surface area contributed by atoms with E-state index in [4.69, 9.17) is 18.9 Å². The molecule has 0 fully saturated rings. The van der Waals surface area contributed by atoms with E-state index in [2.05, 4.69) is 6.92 Å². The molecule has 0 amide bonds. The van der Waals surface area contributed by atoms with Crippen LogP contribution >= 0.6 is 0 Å². The van der Waals surface area contributed by atoms with Crippen LogP contribution in [0.1, 0.15) is 13.3 Å². The van der Waals surface area contributed by atoms with Crippen molar-refractivity contribution < 1.29 is 8.42 Å². The summed E-state index contributed by atoms with van der Waals surface area (Å²) in [7, 11) is -2.61. The third-order valence-electron chi connectivity index (χ3n) is 0.289. The van der Waals surface area contributed by atoms with Crippen molar-refractivity contribution in [1.29, 1.82) is 4.78 Å². The van der Waals surface area contributed by atoms with Gasteiger partial charge in [0, 0.05) is 0 Å². The molecule has 8 heavy (non-hydrogen) atoms. The van der Waals surface area contributed by atoms with Crippen molar-refractivity contribution in [2.75, 3.05) is 6.54 Å². The molecule has 0 saturated carbocycles. The summed E-state index contributed by atoms with van der Waals surface area (Å²) in [5.41, 5.74) is 5.03. The second kappa shape index (κ2) is 9.77. The van der Waals surface area contributed by atoms with E-state index >= 15 is 0 Å². The van der Waals surface area contributed by atoms with Gasteiger partial charge in [-0.3, -0.25) is 0 Å². The van der Waals surface area contributed by atoms with E-state index in [1.54, 1.807) is 0 Å². The zero-order chi connectivity index (χ0) is 6.99. The highest BCUT2D eigenvalue weighted by Crippen LogP contribution is 1.57. The molecule has 5 heteroatoms. The number of rotatable bonds is 1. The van der Waals surface area contributed by atoms with E-state index in [0.717, 1.165) is 13.0 Å². The van der Waals surface area contributed by atoms with Crippen molar-refractivity contribution in [3.8, 4) is 0 Å². The van der Waals surface area contributed by atoms with Crippen molar-refractivity contribution >= 4 is 10.5 Å². The van der Waals surface area contributed by atoms with Crippen molar-refractivity contribution in [3.63, 3.8) is 0 Å². The largest absolute Gasteiger partial charge is 0.330 e. The highest BCUT2D eigenvalue weighted by Gasteiger charge is 1.55. The van der Waals surface area contributed by atoms with Crippen LogP contribution in [0.5, 0.6) is 0 Å². The zero-order valence-electron chi connectivity index (χ0n) is 4.72. The van der Waals surface area contributed by atoms with Gasteiger partial charge in [0.1, 0.15) is 0 Å². The molecule has 0 aromatic carbocycles. The maximum Gasteiger partial charge on any atom is 0.308 e. The van der Waals surface area contributed by atoms with E-state index in [-0.39, 0.29) is 0 Å². The van der Waals surface area contributed by atoms with Crippen LogP contribution in [0.2, 0.25) is 0 Å². The van der Waals surface area contributed by atoms with Gasteiger partial charge >= 0.3 is 10.5 Å². The summed E-state index contributed by atoms with van der Waals surface area (Å²) < 4.78 is 22.8. The van der Waals surface area contributed by atoms with E-state index in [1.165, 1.54) is 0 Å². The molecule has 0 saturated heterocycles. The summed E-state index contributed by atoms with van der Waals surface area (Å²) in [5.74, 6) is 0. The molecule has 0 rings (SSSR count). The minimum Gasteiger partial charge on any atom is -0.330 e. The Hall–Kier alpha value is -0.420. The van der Waals surface area contributed by atoms with Gasteiger partial charge in [0.25, 0.3) is 0 Å². The fraction of sp³-hybridized carbons (Fsp3) is 1.00. The molecule has 0 heterocycles. The predicted molar refractivity (Wildman–Crippen MR) is 31.0 cm³/mol. The third kappa shape index (κ3) is 348. The molecule has 0 aromatic heterocycles. The van der Waals surface area contributed by atoms with Gasteiger partial charge in [-0.25, -0.2) is 0 Å². The van der Waals surface area contributed by atoms with Crippen molar-refractivity contribution in [2.24, 2.45) is 5.73 Å². The molecular formula is C3H10N2O2S. The first kappa shape index (κ1) is 10.5. The highest BCUT2D eigenvalue weighted by molar-refractivity contribution is 7.60. The van der Waals surface area contributed by atoms with Gasteiger partial charge < -0.3 is 5.73 Å². The maximum atomic E-state index is 8.67. The average Bonchev–Trinajstić information content (AvgIpc) is 1.65. The fourth-order valence-electron chi connectivity index (χ4n) is 0. The molecule has 0 bridgehead atoms. The Kier molecular flexibility index (Phi) is 12.9. The predicted octanol–water partition coefficient (Wildman–Crippen LogP) is -0.0170. The van der Waals surface area contributed by atoms with Crippen molar-refractivity contribution in [2.45, 2.75) is 13.3 Å². The molecule has 0 aliphatic carbocycles. The lowest BCUT2D eigenvalue weighted by atomic mass is 10.5. The molecular weight excluding hydrogens is 128 g/mol. The lowest BCUT2D eigenvalue weighted by molar-refractivity contribution is 0.620. The van der Waals surface area contributed by atoms with Crippen LogP contribution in [0.25, 0.3) is 0 Å². The SMILES string of the molecule is CCCN.N=S(=O)=O. The molecule has 0 spiro atoms. The van der Waals surface area contributed by atoms with Gasteiger partial charge in [0.05, 0.1) is 0 Å². The van der Waals surface area contributed by atoms with Crippen molar-refractivity contribution in [3.05, 3.63) is 0 Å². The lowest BCUT2D eigenvalue weighted by Crippen LogP contribution is -1.93. The van der Waals surface area contributed by atoms with Gasteiger partial charge in [0.2, 0.25) is 0 Å². The highest BCUT2D eigenvalue weighted by atomic mass is 32.2. The van der Waals surface area contributed by atoms with Gasteiger partial charge in [-0.2, -0.15) is 13.2 Å². The molecule has 0 radical (unpaired) electrons. The Labute approximate surface area is 50.2 Å². The first-order valence-electron chi connectivity index (χ1n) is 2.15. The van der Waals surface area contributed by atoms with Crippen LogP contribution in [-0.2, 0) is 10.5 Å².